The Balaban J connectivity index is 1.92. The molecular weight excluding hydrogens is 218 g/mol. The summed E-state index contributed by atoms with van der Waals surface area (Å²) in [6, 6.07) is 9.63. The highest BCUT2D eigenvalue weighted by atomic mass is 16.5. The fraction of sp³-hybridized carbons (Fsp3) is 0.333. The number of aliphatic hydroxyl groups excluding tert-OH is 1. The standard InChI is InChI=1S/C12H15N3O2/c1-15-12(11(9-16)13-14-15)7-8-17-10-5-3-2-4-6-10/h2-6,16H,7-9H2,1H3. The van der Waals surface area contributed by atoms with Gasteiger partial charge in [0.05, 0.1) is 18.9 Å². The summed E-state index contributed by atoms with van der Waals surface area (Å²) in [5, 5.41) is 16.8. The van der Waals surface area contributed by atoms with Crippen LogP contribution in [-0.4, -0.2) is 26.7 Å². The Morgan fingerprint density at radius 3 is 2.76 bits per heavy atom. The second-order valence-electron chi connectivity index (χ2n) is 3.68. The Bertz CT molecular complexity index is 468. The summed E-state index contributed by atoms with van der Waals surface area (Å²) in [5.41, 5.74) is 1.52. The molecule has 0 radical (unpaired) electrons. The van der Waals surface area contributed by atoms with Gasteiger partial charge in [0.25, 0.3) is 0 Å². The second-order valence-corrected chi connectivity index (χ2v) is 3.68. The lowest BCUT2D eigenvalue weighted by molar-refractivity contribution is 0.273. The van der Waals surface area contributed by atoms with Crippen molar-refractivity contribution in [1.29, 1.82) is 0 Å². The quantitative estimate of drug-likeness (QED) is 0.834. The van der Waals surface area contributed by atoms with Crippen molar-refractivity contribution >= 4 is 0 Å². The van der Waals surface area contributed by atoms with Gasteiger partial charge in [0.2, 0.25) is 0 Å². The summed E-state index contributed by atoms with van der Waals surface area (Å²) >= 11 is 0. The molecular formula is C12H15N3O2. The normalized spacial score (nSPS) is 10.5. The molecule has 90 valence electrons. The van der Waals surface area contributed by atoms with Crippen LogP contribution in [0.1, 0.15) is 11.4 Å². The molecule has 0 saturated carbocycles. The van der Waals surface area contributed by atoms with Crippen molar-refractivity contribution in [1.82, 2.24) is 15.0 Å². The van der Waals surface area contributed by atoms with Crippen LogP contribution in [0.15, 0.2) is 30.3 Å². The van der Waals surface area contributed by atoms with Gasteiger partial charge in [-0.25, -0.2) is 0 Å². The Hall–Kier alpha value is -1.88. The van der Waals surface area contributed by atoms with E-state index in [9.17, 15) is 0 Å². The smallest absolute Gasteiger partial charge is 0.119 e. The maximum Gasteiger partial charge on any atom is 0.119 e. The number of aryl methyl sites for hydroxylation is 1. The van der Waals surface area contributed by atoms with Crippen LogP contribution in [0.5, 0.6) is 5.75 Å². The van der Waals surface area contributed by atoms with E-state index >= 15 is 0 Å². The zero-order valence-corrected chi connectivity index (χ0v) is 9.71. The van der Waals surface area contributed by atoms with Crippen molar-refractivity contribution in [2.24, 2.45) is 7.05 Å². The number of benzene rings is 1. The van der Waals surface area contributed by atoms with E-state index in [0.29, 0.717) is 18.7 Å². The van der Waals surface area contributed by atoms with Crippen molar-refractivity contribution in [3.63, 3.8) is 0 Å². The lowest BCUT2D eigenvalue weighted by Crippen LogP contribution is -2.08. The van der Waals surface area contributed by atoms with Crippen molar-refractivity contribution in [2.45, 2.75) is 13.0 Å². The Morgan fingerprint density at radius 1 is 1.29 bits per heavy atom. The number of nitrogens with zero attached hydrogens (tertiary/aromatic N) is 3. The van der Waals surface area contributed by atoms with Crippen molar-refractivity contribution < 1.29 is 9.84 Å². The molecule has 17 heavy (non-hydrogen) atoms. The second kappa shape index (κ2) is 5.45. The fourth-order valence-electron chi connectivity index (χ4n) is 1.63. The highest BCUT2D eigenvalue weighted by Gasteiger charge is 2.09. The number of aromatic nitrogens is 3. The largest absolute Gasteiger partial charge is 0.493 e. The number of para-hydroxylation sites is 1. The zero-order valence-electron chi connectivity index (χ0n) is 9.71. The van der Waals surface area contributed by atoms with Crippen LogP contribution < -0.4 is 4.74 Å². The van der Waals surface area contributed by atoms with Crippen LogP contribution in [0.2, 0.25) is 0 Å². The maximum atomic E-state index is 9.09. The average molecular weight is 233 g/mol. The molecule has 1 N–H and O–H groups in total. The van der Waals surface area contributed by atoms with Gasteiger partial charge in [0, 0.05) is 13.5 Å². The molecule has 0 saturated heterocycles. The molecule has 0 spiro atoms. The SMILES string of the molecule is Cn1nnc(CO)c1CCOc1ccccc1. The summed E-state index contributed by atoms with van der Waals surface area (Å²) in [5.74, 6) is 0.841. The van der Waals surface area contributed by atoms with Gasteiger partial charge in [-0.3, -0.25) is 4.68 Å². The van der Waals surface area contributed by atoms with E-state index in [1.54, 1.807) is 4.68 Å². The number of rotatable bonds is 5. The molecule has 0 atom stereocenters. The molecule has 2 rings (SSSR count). The fourth-order valence-corrected chi connectivity index (χ4v) is 1.63. The summed E-state index contributed by atoms with van der Waals surface area (Å²) in [6.45, 7) is 0.451. The maximum absolute atomic E-state index is 9.09. The topological polar surface area (TPSA) is 60.2 Å². The average Bonchev–Trinajstić information content (AvgIpc) is 2.72. The van der Waals surface area contributed by atoms with Crippen LogP contribution >= 0.6 is 0 Å². The Morgan fingerprint density at radius 2 is 2.06 bits per heavy atom. The molecule has 0 unspecified atom stereocenters. The molecule has 0 bridgehead atoms. The van der Waals surface area contributed by atoms with E-state index in [2.05, 4.69) is 10.3 Å². The molecule has 1 aromatic carbocycles. The van der Waals surface area contributed by atoms with E-state index in [0.717, 1.165) is 11.4 Å². The number of aliphatic hydroxyl groups is 1. The molecule has 5 heteroatoms. The summed E-state index contributed by atoms with van der Waals surface area (Å²) in [6.07, 6.45) is 0.675. The number of hydrogen-bond acceptors (Lipinski definition) is 4. The third-order valence-electron chi connectivity index (χ3n) is 2.52. The predicted octanol–water partition coefficient (Wildman–Crippen LogP) is 0.929. The lowest BCUT2D eigenvalue weighted by atomic mass is 10.2. The van der Waals surface area contributed by atoms with Crippen LogP contribution in [-0.2, 0) is 20.1 Å². The molecule has 0 aliphatic carbocycles. The van der Waals surface area contributed by atoms with Gasteiger partial charge in [-0.2, -0.15) is 0 Å². The summed E-state index contributed by atoms with van der Waals surface area (Å²) in [4.78, 5) is 0. The number of hydrogen-bond donors (Lipinski definition) is 1. The Kier molecular flexibility index (Phi) is 3.72. The number of ether oxygens (including phenoxy) is 1. The minimum absolute atomic E-state index is 0.0888. The van der Waals surface area contributed by atoms with E-state index in [1.807, 2.05) is 37.4 Å². The van der Waals surface area contributed by atoms with E-state index < -0.39 is 0 Å². The first-order chi connectivity index (χ1) is 8.31. The van der Waals surface area contributed by atoms with E-state index in [1.165, 1.54) is 0 Å². The third kappa shape index (κ3) is 2.82. The summed E-state index contributed by atoms with van der Waals surface area (Å²) in [7, 11) is 1.81. The van der Waals surface area contributed by atoms with Crippen LogP contribution in [0.4, 0.5) is 0 Å². The summed E-state index contributed by atoms with van der Waals surface area (Å²) < 4.78 is 7.25. The van der Waals surface area contributed by atoms with Crippen molar-refractivity contribution in [2.75, 3.05) is 6.61 Å². The highest BCUT2D eigenvalue weighted by molar-refractivity contribution is 5.21. The predicted molar refractivity (Wildman–Crippen MR) is 62.6 cm³/mol. The highest BCUT2D eigenvalue weighted by Crippen LogP contribution is 2.10. The van der Waals surface area contributed by atoms with E-state index in [4.69, 9.17) is 9.84 Å². The monoisotopic (exact) mass is 233 g/mol. The van der Waals surface area contributed by atoms with Gasteiger partial charge in [-0.1, -0.05) is 23.4 Å². The molecule has 0 amide bonds. The van der Waals surface area contributed by atoms with Gasteiger partial charge in [-0.15, -0.1) is 5.10 Å². The van der Waals surface area contributed by atoms with Gasteiger partial charge in [-0.05, 0) is 12.1 Å². The molecule has 2 aromatic rings. The van der Waals surface area contributed by atoms with Crippen LogP contribution in [0.3, 0.4) is 0 Å². The van der Waals surface area contributed by atoms with Gasteiger partial charge in [0.1, 0.15) is 11.4 Å². The first-order valence-corrected chi connectivity index (χ1v) is 5.47. The molecule has 1 aromatic heterocycles. The molecule has 5 nitrogen and oxygen atoms in total. The Labute approximate surface area is 99.7 Å². The van der Waals surface area contributed by atoms with E-state index in [-0.39, 0.29) is 6.61 Å². The van der Waals surface area contributed by atoms with Crippen LogP contribution in [0.25, 0.3) is 0 Å². The molecule has 0 fully saturated rings. The van der Waals surface area contributed by atoms with Gasteiger partial charge >= 0.3 is 0 Å². The zero-order chi connectivity index (χ0) is 12.1. The van der Waals surface area contributed by atoms with Crippen molar-refractivity contribution in [3.05, 3.63) is 41.7 Å². The third-order valence-corrected chi connectivity index (χ3v) is 2.52. The molecule has 1 heterocycles. The molecule has 0 aliphatic rings. The van der Waals surface area contributed by atoms with Gasteiger partial charge in [0.15, 0.2) is 0 Å². The van der Waals surface area contributed by atoms with Crippen LogP contribution in [0, 0.1) is 0 Å². The first-order valence-electron chi connectivity index (χ1n) is 5.47. The van der Waals surface area contributed by atoms with Crippen molar-refractivity contribution in [3.8, 4) is 5.75 Å². The van der Waals surface area contributed by atoms with Gasteiger partial charge < -0.3 is 9.84 Å². The molecule has 0 aliphatic heterocycles. The lowest BCUT2D eigenvalue weighted by Gasteiger charge is -2.06. The first kappa shape index (κ1) is 11.6. The minimum Gasteiger partial charge on any atom is -0.493 e. The minimum atomic E-state index is -0.0888.